The molecule has 0 aliphatic heterocycles. The summed E-state index contributed by atoms with van der Waals surface area (Å²) in [5, 5.41) is 11.9. The summed E-state index contributed by atoms with van der Waals surface area (Å²) in [5.41, 5.74) is 4.29. The summed E-state index contributed by atoms with van der Waals surface area (Å²) in [6, 6.07) is 15.6. The zero-order valence-corrected chi connectivity index (χ0v) is 14.5. The first-order chi connectivity index (χ1) is 12.1. The van der Waals surface area contributed by atoms with Crippen LogP contribution in [-0.2, 0) is 6.42 Å². The molecular weight excluding hydrogens is 336 g/mol. The zero-order valence-electron chi connectivity index (χ0n) is 13.7. The average molecular weight is 353 g/mol. The number of rotatable bonds is 3. The minimum Gasteiger partial charge on any atom is -0.344 e. The van der Waals surface area contributed by atoms with Crippen molar-refractivity contribution < 1.29 is 4.79 Å². The Morgan fingerprint density at radius 1 is 1.24 bits per heavy atom. The van der Waals surface area contributed by atoms with Crippen molar-refractivity contribution in [1.82, 2.24) is 20.3 Å². The summed E-state index contributed by atoms with van der Waals surface area (Å²) in [5.74, 6) is -0.201. The van der Waals surface area contributed by atoms with E-state index < -0.39 is 0 Å². The summed E-state index contributed by atoms with van der Waals surface area (Å²) in [7, 11) is 0. The molecule has 3 aromatic rings. The van der Waals surface area contributed by atoms with Gasteiger partial charge in [0.2, 0.25) is 0 Å². The smallest absolute Gasteiger partial charge is 0.274 e. The first kappa shape index (κ1) is 15.8. The Labute approximate surface area is 150 Å². The number of nitrogens with zero attached hydrogens (tertiary/aromatic N) is 3. The number of hydrogen-bond donors (Lipinski definition) is 1. The predicted molar refractivity (Wildman–Crippen MR) is 96.1 cm³/mol. The molecule has 0 bridgehead atoms. The molecule has 0 saturated carbocycles. The van der Waals surface area contributed by atoms with Gasteiger partial charge in [-0.15, -0.1) is 5.10 Å². The van der Waals surface area contributed by atoms with E-state index in [9.17, 15) is 4.79 Å². The second-order valence-electron chi connectivity index (χ2n) is 6.18. The van der Waals surface area contributed by atoms with E-state index in [0.29, 0.717) is 16.4 Å². The van der Waals surface area contributed by atoms with Crippen molar-refractivity contribution >= 4 is 17.5 Å². The van der Waals surface area contributed by atoms with Crippen LogP contribution < -0.4 is 5.32 Å². The summed E-state index contributed by atoms with van der Waals surface area (Å²) in [6.45, 7) is 1.83. The van der Waals surface area contributed by atoms with Crippen LogP contribution in [0.15, 0.2) is 48.5 Å². The van der Waals surface area contributed by atoms with Crippen molar-refractivity contribution in [2.24, 2.45) is 0 Å². The summed E-state index contributed by atoms with van der Waals surface area (Å²) in [6.07, 6.45) is 1.89. The van der Waals surface area contributed by atoms with Crippen LogP contribution in [0.2, 0.25) is 5.02 Å². The number of carbonyl (C=O) groups excluding carboxylic acids is 1. The second kappa shape index (κ2) is 6.33. The third-order valence-electron chi connectivity index (χ3n) is 4.60. The maximum Gasteiger partial charge on any atom is 0.274 e. The molecule has 1 unspecified atom stereocenters. The van der Waals surface area contributed by atoms with Gasteiger partial charge in [-0.2, -0.15) is 0 Å². The van der Waals surface area contributed by atoms with Gasteiger partial charge in [0, 0.05) is 5.02 Å². The lowest BCUT2D eigenvalue weighted by molar-refractivity contribution is 0.0931. The van der Waals surface area contributed by atoms with E-state index in [1.54, 1.807) is 16.8 Å². The highest BCUT2D eigenvalue weighted by Gasteiger charge is 2.26. The molecule has 126 valence electrons. The molecule has 25 heavy (non-hydrogen) atoms. The Hall–Kier alpha value is -2.66. The molecule has 1 atom stereocenters. The van der Waals surface area contributed by atoms with Crippen molar-refractivity contribution in [2.45, 2.75) is 25.8 Å². The number of halogens is 1. The first-order valence-corrected chi connectivity index (χ1v) is 8.58. The van der Waals surface area contributed by atoms with Gasteiger partial charge in [0.15, 0.2) is 5.69 Å². The average Bonchev–Trinajstić information content (AvgIpc) is 3.19. The minimum absolute atomic E-state index is 0.0272. The van der Waals surface area contributed by atoms with E-state index >= 15 is 0 Å². The number of nitrogens with one attached hydrogen (secondary N) is 1. The summed E-state index contributed by atoms with van der Waals surface area (Å²) < 4.78 is 1.63. The Kier molecular flexibility index (Phi) is 4.01. The van der Waals surface area contributed by atoms with Crippen molar-refractivity contribution in [3.8, 4) is 5.69 Å². The third-order valence-corrected chi connectivity index (χ3v) is 4.84. The molecule has 0 spiro atoms. The Bertz CT molecular complexity index is 950. The van der Waals surface area contributed by atoms with Crippen LogP contribution in [0.3, 0.4) is 0 Å². The molecule has 1 heterocycles. The van der Waals surface area contributed by atoms with E-state index in [1.165, 1.54) is 11.1 Å². The molecule has 0 fully saturated rings. The SMILES string of the molecule is Cc1c(C(=O)NC2CCc3ccccc32)nnn1-c1cccc(Cl)c1. The molecule has 0 radical (unpaired) electrons. The molecule has 1 N–H and O–H groups in total. The van der Waals surface area contributed by atoms with Crippen molar-refractivity contribution in [1.29, 1.82) is 0 Å². The number of fused-ring (bicyclic) bond motifs is 1. The van der Waals surface area contributed by atoms with E-state index in [-0.39, 0.29) is 11.9 Å². The lowest BCUT2D eigenvalue weighted by Gasteiger charge is -2.13. The van der Waals surface area contributed by atoms with Crippen LogP contribution in [0, 0.1) is 6.92 Å². The summed E-state index contributed by atoms with van der Waals surface area (Å²) in [4.78, 5) is 12.7. The highest BCUT2D eigenvalue weighted by atomic mass is 35.5. The fourth-order valence-electron chi connectivity index (χ4n) is 3.33. The molecular formula is C19H17ClN4O. The first-order valence-electron chi connectivity index (χ1n) is 8.20. The van der Waals surface area contributed by atoms with Gasteiger partial charge in [0.25, 0.3) is 5.91 Å². The minimum atomic E-state index is -0.201. The van der Waals surface area contributed by atoms with Crippen molar-refractivity contribution in [3.05, 3.63) is 76.1 Å². The van der Waals surface area contributed by atoms with Gasteiger partial charge in [0.1, 0.15) is 0 Å². The van der Waals surface area contributed by atoms with Crippen LogP contribution in [-0.4, -0.2) is 20.9 Å². The molecule has 0 saturated heterocycles. The van der Waals surface area contributed by atoms with Crippen molar-refractivity contribution in [3.63, 3.8) is 0 Å². The Morgan fingerprint density at radius 2 is 2.08 bits per heavy atom. The van der Waals surface area contributed by atoms with E-state index in [1.807, 2.05) is 31.2 Å². The topological polar surface area (TPSA) is 59.8 Å². The normalized spacial score (nSPS) is 15.8. The van der Waals surface area contributed by atoms with Crippen LogP contribution in [0.5, 0.6) is 0 Å². The molecule has 1 aromatic heterocycles. The monoisotopic (exact) mass is 352 g/mol. The lowest BCUT2D eigenvalue weighted by Crippen LogP contribution is -2.28. The van der Waals surface area contributed by atoms with Gasteiger partial charge in [-0.1, -0.05) is 47.1 Å². The second-order valence-corrected chi connectivity index (χ2v) is 6.62. The van der Waals surface area contributed by atoms with Crippen LogP contribution in [0.25, 0.3) is 5.69 Å². The number of aromatic nitrogens is 3. The van der Waals surface area contributed by atoms with Gasteiger partial charge in [-0.05, 0) is 49.1 Å². The fraction of sp³-hybridized carbons (Fsp3) is 0.211. The third kappa shape index (κ3) is 2.91. The highest BCUT2D eigenvalue weighted by molar-refractivity contribution is 6.30. The molecule has 1 aliphatic carbocycles. The molecule has 5 nitrogen and oxygen atoms in total. The van der Waals surface area contributed by atoms with Gasteiger partial charge in [0.05, 0.1) is 17.4 Å². The standard InChI is InChI=1S/C19H17ClN4O/c1-12-18(22-23-24(12)15-7-4-6-14(20)11-15)19(25)21-17-10-9-13-5-2-3-8-16(13)17/h2-8,11,17H,9-10H2,1H3,(H,21,25). The highest BCUT2D eigenvalue weighted by Crippen LogP contribution is 2.31. The number of amides is 1. The summed E-state index contributed by atoms with van der Waals surface area (Å²) >= 11 is 6.04. The van der Waals surface area contributed by atoms with E-state index in [2.05, 4.69) is 27.8 Å². The maximum absolute atomic E-state index is 12.7. The van der Waals surface area contributed by atoms with Gasteiger partial charge in [-0.3, -0.25) is 4.79 Å². The van der Waals surface area contributed by atoms with Gasteiger partial charge >= 0.3 is 0 Å². The predicted octanol–water partition coefficient (Wildman–Crippen LogP) is 3.65. The van der Waals surface area contributed by atoms with E-state index in [4.69, 9.17) is 11.6 Å². The number of hydrogen-bond acceptors (Lipinski definition) is 3. The van der Waals surface area contributed by atoms with Crippen molar-refractivity contribution in [2.75, 3.05) is 0 Å². The Morgan fingerprint density at radius 3 is 2.92 bits per heavy atom. The van der Waals surface area contributed by atoms with E-state index in [0.717, 1.165) is 18.5 Å². The van der Waals surface area contributed by atoms with Gasteiger partial charge in [-0.25, -0.2) is 4.68 Å². The lowest BCUT2D eigenvalue weighted by atomic mass is 10.1. The van der Waals surface area contributed by atoms with Crippen LogP contribution >= 0.6 is 11.6 Å². The molecule has 1 amide bonds. The van der Waals surface area contributed by atoms with Crippen LogP contribution in [0.1, 0.15) is 39.8 Å². The number of aryl methyl sites for hydroxylation is 1. The largest absolute Gasteiger partial charge is 0.344 e. The number of benzene rings is 2. The zero-order chi connectivity index (χ0) is 17.4. The number of carbonyl (C=O) groups is 1. The van der Waals surface area contributed by atoms with Crippen LogP contribution in [0.4, 0.5) is 0 Å². The Balaban J connectivity index is 1.58. The fourth-order valence-corrected chi connectivity index (χ4v) is 3.51. The molecule has 6 heteroatoms. The maximum atomic E-state index is 12.7. The quantitative estimate of drug-likeness (QED) is 0.782. The molecule has 1 aliphatic rings. The molecule has 2 aromatic carbocycles. The molecule has 4 rings (SSSR count). The van der Waals surface area contributed by atoms with Gasteiger partial charge < -0.3 is 5.32 Å².